The van der Waals surface area contributed by atoms with Crippen molar-refractivity contribution >= 4 is 32.6 Å². The van der Waals surface area contributed by atoms with Gasteiger partial charge in [-0.25, -0.2) is 13.2 Å². The van der Waals surface area contributed by atoms with Gasteiger partial charge in [-0.3, -0.25) is 0 Å². The van der Waals surface area contributed by atoms with E-state index in [-0.39, 0.29) is 24.0 Å². The van der Waals surface area contributed by atoms with Crippen molar-refractivity contribution in [1.29, 1.82) is 0 Å². The topological polar surface area (TPSA) is 74.7 Å². The van der Waals surface area contributed by atoms with Gasteiger partial charge >= 0.3 is 6.03 Å². The molecule has 1 N–H and O–H groups in total. The fourth-order valence-electron chi connectivity index (χ4n) is 3.72. The number of amides is 2. The van der Waals surface area contributed by atoms with Crippen LogP contribution in [0.25, 0.3) is 10.9 Å². The van der Waals surface area contributed by atoms with Crippen LogP contribution in [0.5, 0.6) is 0 Å². The Morgan fingerprint density at radius 1 is 0.933 bits per heavy atom. The Morgan fingerprint density at radius 3 is 2.37 bits per heavy atom. The van der Waals surface area contributed by atoms with Gasteiger partial charge in [0, 0.05) is 56.0 Å². The highest BCUT2D eigenvalue weighted by molar-refractivity contribution is 7.89. The molecule has 0 saturated carbocycles. The highest BCUT2D eigenvalue weighted by atomic mass is 32.2. The summed E-state index contributed by atoms with van der Waals surface area (Å²) in [6.45, 7) is 5.27. The number of rotatable bonds is 3. The predicted octanol–water partition coefficient (Wildman–Crippen LogP) is 3.33. The van der Waals surface area contributed by atoms with Gasteiger partial charge < -0.3 is 14.8 Å². The van der Waals surface area contributed by atoms with Crippen molar-refractivity contribution in [2.45, 2.75) is 18.7 Å². The largest absolute Gasteiger partial charge is 0.351 e. The number of nitrogens with zero attached hydrogens (tertiary/aromatic N) is 3. The highest BCUT2D eigenvalue weighted by Gasteiger charge is 2.30. The molecule has 158 valence electrons. The molecule has 2 amide bonds. The van der Waals surface area contributed by atoms with Gasteiger partial charge in [0.1, 0.15) is 0 Å². The van der Waals surface area contributed by atoms with Crippen molar-refractivity contribution in [1.82, 2.24) is 13.8 Å². The molecule has 0 atom stereocenters. The second-order valence-electron chi connectivity index (χ2n) is 7.77. The minimum atomic E-state index is -3.60. The number of piperazine rings is 1. The molecule has 0 aliphatic carbocycles. The molecule has 0 bridgehead atoms. The standard InChI is InChI=1S/C22H26N4O3S/c1-16-4-5-19(14-17(16)2)23-22(27)25-10-12-26(13-11-25)30(28,29)20-6-7-21-18(15-20)8-9-24(21)3/h4-9,14-15H,10-13H2,1-3H3,(H,23,27). The Kier molecular flexibility index (Phi) is 5.29. The molecule has 8 heteroatoms. The lowest BCUT2D eigenvalue weighted by molar-refractivity contribution is 0.184. The van der Waals surface area contributed by atoms with E-state index in [2.05, 4.69) is 5.32 Å². The summed E-state index contributed by atoms with van der Waals surface area (Å²) in [5.41, 5.74) is 4.01. The van der Waals surface area contributed by atoms with Crippen LogP contribution in [-0.4, -0.2) is 54.4 Å². The number of carbonyl (C=O) groups excluding carboxylic acids is 1. The molecular weight excluding hydrogens is 400 g/mol. The lowest BCUT2D eigenvalue weighted by atomic mass is 10.1. The number of hydrogen-bond donors (Lipinski definition) is 1. The lowest BCUT2D eigenvalue weighted by Gasteiger charge is -2.34. The Labute approximate surface area is 176 Å². The molecule has 1 aliphatic heterocycles. The molecule has 30 heavy (non-hydrogen) atoms. The number of fused-ring (bicyclic) bond motifs is 1. The monoisotopic (exact) mass is 426 g/mol. The molecule has 1 saturated heterocycles. The first-order chi connectivity index (χ1) is 14.3. The van der Waals surface area contributed by atoms with Crippen molar-refractivity contribution in [3.8, 4) is 0 Å². The third kappa shape index (κ3) is 3.80. The highest BCUT2D eigenvalue weighted by Crippen LogP contribution is 2.23. The number of aromatic nitrogens is 1. The minimum absolute atomic E-state index is 0.207. The first kappa shape index (κ1) is 20.4. The predicted molar refractivity (Wildman–Crippen MR) is 118 cm³/mol. The quantitative estimate of drug-likeness (QED) is 0.698. The number of hydrogen-bond acceptors (Lipinski definition) is 3. The molecule has 1 fully saturated rings. The minimum Gasteiger partial charge on any atom is -0.351 e. The summed E-state index contributed by atoms with van der Waals surface area (Å²) in [6, 6.07) is 12.7. The van der Waals surface area contributed by atoms with Gasteiger partial charge in [0.05, 0.1) is 4.90 Å². The number of sulfonamides is 1. The van der Waals surface area contributed by atoms with Crippen LogP contribution < -0.4 is 5.32 Å². The molecule has 1 aromatic heterocycles. The van der Waals surface area contributed by atoms with E-state index in [1.807, 2.05) is 62.0 Å². The van der Waals surface area contributed by atoms with E-state index in [4.69, 9.17) is 0 Å². The van der Waals surface area contributed by atoms with E-state index in [0.717, 1.165) is 22.2 Å². The van der Waals surface area contributed by atoms with Crippen LogP contribution in [0.3, 0.4) is 0 Å². The number of nitrogens with one attached hydrogen (secondary N) is 1. The number of benzene rings is 2. The number of aryl methyl sites for hydroxylation is 3. The molecule has 0 spiro atoms. The van der Waals surface area contributed by atoms with Crippen molar-refractivity contribution in [3.05, 3.63) is 59.8 Å². The maximum absolute atomic E-state index is 13.1. The molecule has 2 heterocycles. The van der Waals surface area contributed by atoms with Crippen LogP contribution in [0, 0.1) is 13.8 Å². The zero-order valence-corrected chi connectivity index (χ0v) is 18.2. The number of urea groups is 1. The van der Waals surface area contributed by atoms with Gasteiger partial charge in [0.25, 0.3) is 0 Å². The third-order valence-corrected chi connectivity index (χ3v) is 7.67. The Hall–Kier alpha value is -2.84. The number of carbonyl (C=O) groups is 1. The first-order valence-electron chi connectivity index (χ1n) is 9.94. The van der Waals surface area contributed by atoms with Crippen molar-refractivity contribution in [2.75, 3.05) is 31.5 Å². The Balaban J connectivity index is 1.42. The van der Waals surface area contributed by atoms with Gasteiger partial charge in [-0.1, -0.05) is 6.07 Å². The van der Waals surface area contributed by atoms with Crippen LogP contribution in [0.15, 0.2) is 53.6 Å². The summed E-state index contributed by atoms with van der Waals surface area (Å²) in [4.78, 5) is 14.5. The summed E-state index contributed by atoms with van der Waals surface area (Å²) in [6.07, 6.45) is 1.91. The SMILES string of the molecule is Cc1ccc(NC(=O)N2CCN(S(=O)(=O)c3ccc4c(ccn4C)c3)CC2)cc1C. The molecule has 0 radical (unpaired) electrons. The van der Waals surface area contributed by atoms with Crippen LogP contribution in [0.2, 0.25) is 0 Å². The van der Waals surface area contributed by atoms with Crippen molar-refractivity contribution in [2.24, 2.45) is 7.05 Å². The van der Waals surface area contributed by atoms with E-state index < -0.39 is 10.0 Å². The fourth-order valence-corrected chi connectivity index (χ4v) is 5.18. The second-order valence-corrected chi connectivity index (χ2v) is 9.71. The van der Waals surface area contributed by atoms with E-state index in [0.29, 0.717) is 13.1 Å². The molecule has 2 aromatic carbocycles. The van der Waals surface area contributed by atoms with Crippen LogP contribution in [0.1, 0.15) is 11.1 Å². The molecule has 1 aliphatic rings. The lowest BCUT2D eigenvalue weighted by Crippen LogP contribution is -2.51. The normalized spacial score (nSPS) is 15.5. The Morgan fingerprint density at radius 2 is 1.67 bits per heavy atom. The van der Waals surface area contributed by atoms with Crippen LogP contribution in [-0.2, 0) is 17.1 Å². The molecule has 4 rings (SSSR count). The zero-order chi connectivity index (χ0) is 21.5. The van der Waals surface area contributed by atoms with Gasteiger partial charge in [-0.2, -0.15) is 4.31 Å². The van der Waals surface area contributed by atoms with E-state index in [1.54, 1.807) is 17.0 Å². The maximum Gasteiger partial charge on any atom is 0.321 e. The number of anilines is 1. The van der Waals surface area contributed by atoms with Crippen molar-refractivity contribution in [3.63, 3.8) is 0 Å². The van der Waals surface area contributed by atoms with Gasteiger partial charge in [0.2, 0.25) is 10.0 Å². The van der Waals surface area contributed by atoms with Crippen LogP contribution >= 0.6 is 0 Å². The average Bonchev–Trinajstić information content (AvgIpc) is 3.11. The smallest absolute Gasteiger partial charge is 0.321 e. The zero-order valence-electron chi connectivity index (χ0n) is 17.4. The molecular formula is C22H26N4O3S. The summed E-state index contributed by atoms with van der Waals surface area (Å²) in [7, 11) is -1.67. The van der Waals surface area contributed by atoms with Crippen molar-refractivity contribution < 1.29 is 13.2 Å². The molecule has 3 aromatic rings. The molecule has 7 nitrogen and oxygen atoms in total. The maximum atomic E-state index is 13.1. The Bertz CT molecular complexity index is 1210. The molecule has 0 unspecified atom stereocenters. The average molecular weight is 427 g/mol. The van der Waals surface area contributed by atoms with E-state index in [9.17, 15) is 13.2 Å². The van der Waals surface area contributed by atoms with Gasteiger partial charge in [0.15, 0.2) is 0 Å². The van der Waals surface area contributed by atoms with Gasteiger partial charge in [-0.05, 0) is 61.4 Å². The summed E-state index contributed by atoms with van der Waals surface area (Å²) >= 11 is 0. The summed E-state index contributed by atoms with van der Waals surface area (Å²) in [5, 5.41) is 3.80. The van der Waals surface area contributed by atoms with E-state index in [1.165, 1.54) is 9.87 Å². The summed E-state index contributed by atoms with van der Waals surface area (Å²) < 4.78 is 29.6. The summed E-state index contributed by atoms with van der Waals surface area (Å²) in [5.74, 6) is 0. The first-order valence-corrected chi connectivity index (χ1v) is 11.4. The fraction of sp³-hybridized carbons (Fsp3) is 0.318. The van der Waals surface area contributed by atoms with Gasteiger partial charge in [-0.15, -0.1) is 0 Å². The van der Waals surface area contributed by atoms with E-state index >= 15 is 0 Å². The van der Waals surface area contributed by atoms with Crippen LogP contribution in [0.4, 0.5) is 10.5 Å². The second kappa shape index (κ2) is 7.77. The third-order valence-electron chi connectivity index (χ3n) is 5.78.